The van der Waals surface area contributed by atoms with Crippen molar-refractivity contribution in [3.63, 3.8) is 0 Å². The monoisotopic (exact) mass is 425 g/mol. The van der Waals surface area contributed by atoms with Crippen molar-refractivity contribution in [3.05, 3.63) is 58.1 Å². The molecule has 0 radical (unpaired) electrons. The topological polar surface area (TPSA) is 91.7 Å². The fourth-order valence-corrected chi connectivity index (χ4v) is 3.49. The molecule has 0 saturated carbocycles. The van der Waals surface area contributed by atoms with Crippen LogP contribution in [0.3, 0.4) is 0 Å². The van der Waals surface area contributed by atoms with Crippen LogP contribution >= 0.6 is 0 Å². The Hall–Kier alpha value is -3.19. The summed E-state index contributed by atoms with van der Waals surface area (Å²) < 4.78 is 0. The molecule has 1 unspecified atom stereocenters. The second-order valence-corrected chi connectivity index (χ2v) is 8.20. The van der Waals surface area contributed by atoms with Gasteiger partial charge in [0.2, 0.25) is 5.91 Å². The Morgan fingerprint density at radius 2 is 1.42 bits per heavy atom. The number of hydrogen-bond acceptors (Lipinski definition) is 3. The molecule has 2 aromatic carbocycles. The lowest BCUT2D eigenvalue weighted by Gasteiger charge is -2.16. The highest BCUT2D eigenvalue weighted by atomic mass is 16.2. The van der Waals surface area contributed by atoms with Gasteiger partial charge in [0.05, 0.1) is 13.6 Å². The van der Waals surface area contributed by atoms with Crippen LogP contribution in [0.5, 0.6) is 0 Å². The summed E-state index contributed by atoms with van der Waals surface area (Å²) in [7, 11) is 1.77. The first-order valence-corrected chi connectivity index (χ1v) is 10.4. The smallest absolute Gasteiger partial charge is 0.279 e. The Balaban J connectivity index is 1.78. The number of carbonyl (C=O) groups is 3. The van der Waals surface area contributed by atoms with Crippen LogP contribution in [0, 0.1) is 34.6 Å². The van der Waals surface area contributed by atoms with Gasteiger partial charge in [-0.25, -0.2) is 0 Å². The summed E-state index contributed by atoms with van der Waals surface area (Å²) in [5.41, 5.74) is 6.80. The minimum atomic E-state index is -0.289. The number of amides is 3. The molecule has 2 rings (SSSR count). The van der Waals surface area contributed by atoms with Gasteiger partial charge in [-0.05, 0) is 62.9 Å². The molecule has 0 aliphatic rings. The molecule has 3 amide bonds. The lowest BCUT2D eigenvalue weighted by atomic mass is 10.1. The van der Waals surface area contributed by atoms with E-state index in [9.17, 15) is 14.4 Å². The van der Waals surface area contributed by atoms with Crippen molar-refractivity contribution in [3.8, 4) is 0 Å². The number of benzene rings is 2. The lowest BCUT2D eigenvalue weighted by molar-refractivity contribution is -0.862. The average Bonchev–Trinajstić information content (AvgIpc) is 2.66. The lowest BCUT2D eigenvalue weighted by Crippen LogP contribution is -3.11. The van der Waals surface area contributed by atoms with Crippen LogP contribution in [0.1, 0.15) is 27.8 Å². The molecule has 4 N–H and O–H groups in total. The van der Waals surface area contributed by atoms with Crippen molar-refractivity contribution in [1.29, 1.82) is 0 Å². The number of rotatable bonds is 8. The SMILES string of the molecule is Cc1cc(C)c(NC(=O)C[NH+](C)CC(=O)NCC(=O)Nc2cccc(C)c2C)c(C)c1. The summed E-state index contributed by atoms with van der Waals surface area (Å²) in [5.74, 6) is -0.736. The van der Waals surface area contributed by atoms with Crippen LogP contribution in [-0.4, -0.2) is 44.4 Å². The molecule has 0 saturated heterocycles. The molecule has 0 aliphatic heterocycles. The molecule has 0 aliphatic carbocycles. The average molecular weight is 426 g/mol. The first-order valence-electron chi connectivity index (χ1n) is 10.4. The fourth-order valence-electron chi connectivity index (χ4n) is 3.49. The first kappa shape index (κ1) is 24.1. The zero-order valence-electron chi connectivity index (χ0n) is 19.2. The van der Waals surface area contributed by atoms with E-state index < -0.39 is 0 Å². The van der Waals surface area contributed by atoms with Crippen LogP contribution in [0.25, 0.3) is 0 Å². The van der Waals surface area contributed by atoms with E-state index in [1.807, 2.05) is 65.0 Å². The third-order valence-corrected chi connectivity index (χ3v) is 5.19. The van der Waals surface area contributed by atoms with Crippen molar-refractivity contribution >= 4 is 29.1 Å². The minimum Gasteiger partial charge on any atom is -0.342 e. The third-order valence-electron chi connectivity index (χ3n) is 5.19. The maximum absolute atomic E-state index is 12.4. The predicted molar refractivity (Wildman–Crippen MR) is 123 cm³/mol. The van der Waals surface area contributed by atoms with Gasteiger partial charge in [0.15, 0.2) is 13.1 Å². The molecule has 166 valence electrons. The standard InChI is InChI=1S/C24H32N4O3/c1-15-10-17(3)24(18(4)11-15)27-23(31)14-28(6)13-22(30)25-12-21(29)26-20-9-7-8-16(2)19(20)5/h7-11H,12-14H2,1-6H3,(H,25,30)(H,26,29)(H,27,31)/p+1. The minimum absolute atomic E-state index is 0.0933. The summed E-state index contributed by atoms with van der Waals surface area (Å²) in [5, 5.41) is 8.36. The summed E-state index contributed by atoms with van der Waals surface area (Å²) in [6, 6.07) is 9.73. The van der Waals surface area contributed by atoms with E-state index in [1.165, 1.54) is 0 Å². The Morgan fingerprint density at radius 3 is 2.06 bits per heavy atom. The van der Waals surface area contributed by atoms with Crippen molar-refractivity contribution in [1.82, 2.24) is 5.32 Å². The fraction of sp³-hybridized carbons (Fsp3) is 0.375. The van der Waals surface area contributed by atoms with Gasteiger partial charge in [-0.1, -0.05) is 29.8 Å². The summed E-state index contributed by atoms with van der Waals surface area (Å²) in [4.78, 5) is 37.4. The second kappa shape index (κ2) is 10.7. The zero-order chi connectivity index (χ0) is 23.1. The van der Waals surface area contributed by atoms with Gasteiger partial charge in [0.25, 0.3) is 11.8 Å². The molecule has 0 heterocycles. The van der Waals surface area contributed by atoms with Gasteiger partial charge < -0.3 is 20.9 Å². The highest BCUT2D eigenvalue weighted by Crippen LogP contribution is 2.21. The van der Waals surface area contributed by atoms with Crippen molar-refractivity contribution in [2.45, 2.75) is 34.6 Å². The van der Waals surface area contributed by atoms with E-state index in [4.69, 9.17) is 0 Å². The van der Waals surface area contributed by atoms with Crippen LogP contribution < -0.4 is 20.9 Å². The Labute approximate surface area is 184 Å². The van der Waals surface area contributed by atoms with Gasteiger partial charge in [-0.3, -0.25) is 14.4 Å². The number of quaternary nitrogens is 1. The molecule has 0 aromatic heterocycles. The summed E-state index contributed by atoms with van der Waals surface area (Å²) in [6.07, 6.45) is 0. The van der Waals surface area contributed by atoms with Gasteiger partial charge >= 0.3 is 0 Å². The molecule has 0 spiro atoms. The number of nitrogens with one attached hydrogen (secondary N) is 4. The molecule has 0 bridgehead atoms. The summed E-state index contributed by atoms with van der Waals surface area (Å²) >= 11 is 0. The zero-order valence-corrected chi connectivity index (χ0v) is 19.2. The predicted octanol–water partition coefficient (Wildman–Crippen LogP) is 1.44. The van der Waals surface area contributed by atoms with Crippen LogP contribution in [0.15, 0.2) is 30.3 Å². The molecular weight excluding hydrogens is 392 g/mol. The first-order chi connectivity index (χ1) is 14.6. The molecule has 7 heteroatoms. The van der Waals surface area contributed by atoms with Crippen molar-refractivity contribution in [2.75, 3.05) is 37.3 Å². The van der Waals surface area contributed by atoms with Crippen molar-refractivity contribution < 1.29 is 19.3 Å². The normalized spacial score (nSPS) is 11.5. The number of carbonyl (C=O) groups excluding carboxylic acids is 3. The molecule has 0 fully saturated rings. The second-order valence-electron chi connectivity index (χ2n) is 8.20. The maximum atomic E-state index is 12.4. The van der Waals surface area contributed by atoms with E-state index in [1.54, 1.807) is 7.05 Å². The number of anilines is 2. The van der Waals surface area contributed by atoms with Crippen LogP contribution in [-0.2, 0) is 14.4 Å². The Kier molecular flexibility index (Phi) is 8.33. The van der Waals surface area contributed by atoms with E-state index in [0.29, 0.717) is 0 Å². The maximum Gasteiger partial charge on any atom is 0.279 e. The Bertz CT molecular complexity index is 962. The van der Waals surface area contributed by atoms with E-state index in [-0.39, 0.29) is 37.4 Å². The van der Waals surface area contributed by atoms with Gasteiger partial charge in [-0.2, -0.15) is 0 Å². The molecule has 2 aromatic rings. The number of likely N-dealkylation sites (N-methyl/N-ethyl adjacent to an activating group) is 1. The van der Waals surface area contributed by atoms with Crippen LogP contribution in [0.2, 0.25) is 0 Å². The van der Waals surface area contributed by atoms with E-state index in [2.05, 4.69) is 16.0 Å². The van der Waals surface area contributed by atoms with Gasteiger partial charge in [-0.15, -0.1) is 0 Å². The quantitative estimate of drug-likeness (QED) is 0.516. The highest BCUT2D eigenvalue weighted by molar-refractivity contribution is 5.95. The molecule has 7 nitrogen and oxygen atoms in total. The van der Waals surface area contributed by atoms with Gasteiger partial charge in [0, 0.05) is 11.4 Å². The third kappa shape index (κ3) is 7.22. The van der Waals surface area contributed by atoms with E-state index >= 15 is 0 Å². The highest BCUT2D eigenvalue weighted by Gasteiger charge is 2.16. The number of aryl methyl sites for hydroxylation is 4. The largest absolute Gasteiger partial charge is 0.342 e. The summed E-state index contributed by atoms with van der Waals surface area (Å²) in [6.45, 7) is 9.98. The van der Waals surface area contributed by atoms with Gasteiger partial charge in [0.1, 0.15) is 0 Å². The molecule has 31 heavy (non-hydrogen) atoms. The number of hydrogen-bond donors (Lipinski definition) is 4. The van der Waals surface area contributed by atoms with Crippen molar-refractivity contribution in [2.24, 2.45) is 0 Å². The van der Waals surface area contributed by atoms with Crippen LogP contribution in [0.4, 0.5) is 11.4 Å². The van der Waals surface area contributed by atoms with E-state index in [0.717, 1.165) is 44.1 Å². The molecular formula is C24H33N4O3+. The molecule has 1 atom stereocenters. The Morgan fingerprint density at radius 1 is 0.806 bits per heavy atom.